The second kappa shape index (κ2) is 5.67. The van der Waals surface area contributed by atoms with Gasteiger partial charge in [0.25, 0.3) is 0 Å². The van der Waals surface area contributed by atoms with Crippen LogP contribution in [-0.2, 0) is 6.42 Å². The molecule has 108 valence electrons. The SMILES string of the molecule is COc1cc2cc(CC(C)(C)CO)cnc2cc1OC. The number of ether oxygens (including phenoxy) is 2. The summed E-state index contributed by atoms with van der Waals surface area (Å²) in [6.07, 6.45) is 2.63. The summed E-state index contributed by atoms with van der Waals surface area (Å²) in [6, 6.07) is 5.88. The summed E-state index contributed by atoms with van der Waals surface area (Å²) in [5.41, 5.74) is 1.82. The molecule has 0 bridgehead atoms. The molecule has 20 heavy (non-hydrogen) atoms. The Morgan fingerprint density at radius 2 is 1.75 bits per heavy atom. The topological polar surface area (TPSA) is 51.6 Å². The number of aliphatic hydroxyl groups is 1. The van der Waals surface area contributed by atoms with Crippen molar-refractivity contribution in [2.75, 3.05) is 20.8 Å². The summed E-state index contributed by atoms with van der Waals surface area (Å²) < 4.78 is 10.6. The van der Waals surface area contributed by atoms with Gasteiger partial charge < -0.3 is 14.6 Å². The number of rotatable bonds is 5. The molecular formula is C16H21NO3. The molecule has 0 radical (unpaired) electrons. The van der Waals surface area contributed by atoms with Gasteiger partial charge >= 0.3 is 0 Å². The zero-order valence-electron chi connectivity index (χ0n) is 12.4. The molecule has 0 saturated heterocycles. The summed E-state index contributed by atoms with van der Waals surface area (Å²) in [4.78, 5) is 4.47. The molecule has 4 nitrogen and oxygen atoms in total. The lowest BCUT2D eigenvalue weighted by Crippen LogP contribution is -2.19. The quantitative estimate of drug-likeness (QED) is 0.911. The average Bonchev–Trinajstić information content (AvgIpc) is 2.45. The number of methoxy groups -OCH3 is 2. The van der Waals surface area contributed by atoms with E-state index < -0.39 is 0 Å². The highest BCUT2D eigenvalue weighted by atomic mass is 16.5. The van der Waals surface area contributed by atoms with E-state index in [1.54, 1.807) is 14.2 Å². The van der Waals surface area contributed by atoms with Crippen molar-refractivity contribution in [3.8, 4) is 11.5 Å². The summed E-state index contributed by atoms with van der Waals surface area (Å²) >= 11 is 0. The van der Waals surface area contributed by atoms with Gasteiger partial charge in [-0.15, -0.1) is 0 Å². The van der Waals surface area contributed by atoms with E-state index in [1.807, 2.05) is 32.2 Å². The molecule has 0 amide bonds. The Balaban J connectivity index is 2.43. The zero-order valence-corrected chi connectivity index (χ0v) is 12.4. The van der Waals surface area contributed by atoms with Crippen LogP contribution in [0.3, 0.4) is 0 Å². The molecule has 0 saturated carbocycles. The standard InChI is InChI=1S/C16H21NO3/c1-16(2,10-18)8-11-5-12-6-14(19-3)15(20-4)7-13(12)17-9-11/h5-7,9,18H,8,10H2,1-4H3. The summed E-state index contributed by atoms with van der Waals surface area (Å²) in [7, 11) is 3.23. The predicted molar refractivity (Wildman–Crippen MR) is 79.4 cm³/mol. The fraction of sp³-hybridized carbons (Fsp3) is 0.438. The van der Waals surface area contributed by atoms with E-state index in [1.165, 1.54) is 0 Å². The Morgan fingerprint density at radius 3 is 2.35 bits per heavy atom. The molecule has 1 heterocycles. The van der Waals surface area contributed by atoms with Gasteiger partial charge in [0, 0.05) is 24.3 Å². The monoisotopic (exact) mass is 275 g/mol. The van der Waals surface area contributed by atoms with Crippen molar-refractivity contribution < 1.29 is 14.6 Å². The third-order valence-corrected chi connectivity index (χ3v) is 3.35. The Morgan fingerprint density at radius 1 is 1.10 bits per heavy atom. The van der Waals surface area contributed by atoms with Crippen LogP contribution in [0, 0.1) is 5.41 Å². The number of aromatic nitrogens is 1. The molecule has 0 atom stereocenters. The van der Waals surface area contributed by atoms with E-state index in [2.05, 4.69) is 11.1 Å². The van der Waals surface area contributed by atoms with E-state index >= 15 is 0 Å². The lowest BCUT2D eigenvalue weighted by atomic mass is 9.87. The Bertz CT molecular complexity index is 608. The van der Waals surface area contributed by atoms with Gasteiger partial charge in [0.05, 0.1) is 19.7 Å². The van der Waals surface area contributed by atoms with E-state index in [4.69, 9.17) is 9.47 Å². The molecule has 0 aliphatic carbocycles. The van der Waals surface area contributed by atoms with E-state index in [0.29, 0.717) is 11.5 Å². The average molecular weight is 275 g/mol. The fourth-order valence-corrected chi connectivity index (χ4v) is 2.21. The molecule has 0 aliphatic heterocycles. The van der Waals surface area contributed by atoms with Crippen LogP contribution in [-0.4, -0.2) is 30.9 Å². The van der Waals surface area contributed by atoms with Gasteiger partial charge in [-0.25, -0.2) is 0 Å². The zero-order chi connectivity index (χ0) is 14.8. The van der Waals surface area contributed by atoms with Gasteiger partial charge in [-0.3, -0.25) is 4.98 Å². The fourth-order valence-electron chi connectivity index (χ4n) is 2.21. The first-order valence-electron chi connectivity index (χ1n) is 6.60. The summed E-state index contributed by atoms with van der Waals surface area (Å²) in [5.74, 6) is 1.37. The van der Waals surface area contributed by atoms with Crippen molar-refractivity contribution in [2.24, 2.45) is 5.41 Å². The van der Waals surface area contributed by atoms with Gasteiger partial charge in [-0.05, 0) is 29.5 Å². The van der Waals surface area contributed by atoms with Gasteiger partial charge in [0.1, 0.15) is 0 Å². The van der Waals surface area contributed by atoms with Crippen molar-refractivity contribution in [2.45, 2.75) is 20.3 Å². The van der Waals surface area contributed by atoms with Crippen molar-refractivity contribution in [3.63, 3.8) is 0 Å². The molecule has 1 N–H and O–H groups in total. The number of nitrogens with zero attached hydrogens (tertiary/aromatic N) is 1. The largest absolute Gasteiger partial charge is 0.493 e. The maximum absolute atomic E-state index is 9.36. The van der Waals surface area contributed by atoms with E-state index in [9.17, 15) is 5.11 Å². The van der Waals surface area contributed by atoms with Gasteiger partial charge in [-0.2, -0.15) is 0 Å². The second-order valence-corrected chi connectivity index (χ2v) is 5.74. The molecule has 2 aromatic rings. The van der Waals surface area contributed by atoms with E-state index in [0.717, 1.165) is 22.9 Å². The minimum absolute atomic E-state index is 0.147. The van der Waals surface area contributed by atoms with Crippen LogP contribution in [0.1, 0.15) is 19.4 Å². The number of fused-ring (bicyclic) bond motifs is 1. The minimum Gasteiger partial charge on any atom is -0.493 e. The third kappa shape index (κ3) is 3.02. The lowest BCUT2D eigenvalue weighted by molar-refractivity contribution is 0.159. The molecule has 4 heteroatoms. The third-order valence-electron chi connectivity index (χ3n) is 3.35. The maximum atomic E-state index is 9.36. The van der Waals surface area contributed by atoms with Crippen molar-refractivity contribution in [3.05, 3.63) is 30.0 Å². The molecule has 2 rings (SSSR count). The minimum atomic E-state index is -0.147. The molecule has 0 spiro atoms. The van der Waals surface area contributed by atoms with Crippen LogP contribution < -0.4 is 9.47 Å². The Kier molecular flexibility index (Phi) is 4.14. The van der Waals surface area contributed by atoms with E-state index in [-0.39, 0.29) is 12.0 Å². The highest BCUT2D eigenvalue weighted by Crippen LogP contribution is 2.32. The predicted octanol–water partition coefficient (Wildman–Crippen LogP) is 2.81. The number of benzene rings is 1. The molecular weight excluding hydrogens is 254 g/mol. The number of pyridine rings is 1. The van der Waals surface area contributed by atoms with Crippen molar-refractivity contribution >= 4 is 10.9 Å². The first kappa shape index (κ1) is 14.6. The molecule has 0 fully saturated rings. The Hall–Kier alpha value is -1.81. The number of hydrogen-bond donors (Lipinski definition) is 1. The highest BCUT2D eigenvalue weighted by Gasteiger charge is 2.18. The molecule has 1 aromatic carbocycles. The van der Waals surface area contributed by atoms with Crippen LogP contribution in [0.5, 0.6) is 11.5 Å². The summed E-state index contributed by atoms with van der Waals surface area (Å²) in [6.45, 7) is 4.22. The lowest BCUT2D eigenvalue weighted by Gasteiger charge is -2.21. The van der Waals surface area contributed by atoms with Gasteiger partial charge in [0.15, 0.2) is 11.5 Å². The maximum Gasteiger partial charge on any atom is 0.162 e. The van der Waals surface area contributed by atoms with Crippen molar-refractivity contribution in [1.82, 2.24) is 4.98 Å². The first-order valence-corrected chi connectivity index (χ1v) is 6.60. The van der Waals surface area contributed by atoms with Crippen LogP contribution in [0.4, 0.5) is 0 Å². The van der Waals surface area contributed by atoms with Crippen LogP contribution in [0.25, 0.3) is 10.9 Å². The van der Waals surface area contributed by atoms with Crippen LogP contribution in [0.15, 0.2) is 24.4 Å². The molecule has 0 aliphatic rings. The molecule has 1 aromatic heterocycles. The van der Waals surface area contributed by atoms with Gasteiger partial charge in [-0.1, -0.05) is 13.8 Å². The Labute approximate surface area is 119 Å². The van der Waals surface area contributed by atoms with Crippen molar-refractivity contribution in [1.29, 1.82) is 0 Å². The first-order chi connectivity index (χ1) is 9.49. The van der Waals surface area contributed by atoms with Crippen LogP contribution in [0.2, 0.25) is 0 Å². The van der Waals surface area contributed by atoms with Gasteiger partial charge in [0.2, 0.25) is 0 Å². The highest BCUT2D eigenvalue weighted by molar-refractivity contribution is 5.83. The van der Waals surface area contributed by atoms with Crippen LogP contribution >= 0.6 is 0 Å². The number of hydrogen-bond acceptors (Lipinski definition) is 4. The smallest absolute Gasteiger partial charge is 0.162 e. The molecule has 0 unspecified atom stereocenters. The second-order valence-electron chi connectivity index (χ2n) is 5.74. The normalized spacial score (nSPS) is 11.7. The number of aliphatic hydroxyl groups excluding tert-OH is 1. The summed E-state index contributed by atoms with van der Waals surface area (Å²) in [5, 5.41) is 10.4.